The van der Waals surface area contributed by atoms with Crippen LogP contribution in [0, 0.1) is 23.7 Å². The van der Waals surface area contributed by atoms with Crippen molar-refractivity contribution in [2.75, 3.05) is 26.4 Å². The van der Waals surface area contributed by atoms with Gasteiger partial charge in [-0.3, -0.25) is 0 Å². The molecule has 0 radical (unpaired) electrons. The summed E-state index contributed by atoms with van der Waals surface area (Å²) in [5.74, 6) is 14.9. The molecule has 0 aliphatic heterocycles. The van der Waals surface area contributed by atoms with Gasteiger partial charge in [0.25, 0.3) is 0 Å². The number of hydrogen-bond donors (Lipinski definition) is 0. The molecule has 0 bridgehead atoms. The highest BCUT2D eigenvalue weighted by Gasteiger charge is 2.16. The smallest absolute Gasteiger partial charge is 0.343 e. The standard InChI is InChI=1S/C50H52O8S/c1-5-9-31-53-45-29-19-39(35-47(45)55-33-11-7-3)49(51)57-41-21-13-37(14-22-41)17-25-43-27-28-44(59-43)26-18-38-15-23-42(24-16-38)58-50(52)40-20-30-46(54-32-10-6-2)48(36-40)56-34-12-8-4/h13-16,19-24,27-30,35-36H,5-12,31-34H2,1-4H3. The minimum Gasteiger partial charge on any atom is -0.490 e. The Morgan fingerprint density at radius 3 is 1.15 bits per heavy atom. The first-order valence-corrected chi connectivity index (χ1v) is 21.3. The minimum atomic E-state index is -0.482. The first-order valence-electron chi connectivity index (χ1n) is 20.5. The maximum Gasteiger partial charge on any atom is 0.343 e. The molecule has 0 amide bonds. The summed E-state index contributed by atoms with van der Waals surface area (Å²) in [6.07, 6.45) is 7.74. The van der Waals surface area contributed by atoms with Gasteiger partial charge in [0.05, 0.1) is 47.3 Å². The normalized spacial score (nSPS) is 10.4. The highest BCUT2D eigenvalue weighted by atomic mass is 32.1. The summed E-state index contributed by atoms with van der Waals surface area (Å²) in [7, 11) is 0. The van der Waals surface area contributed by atoms with Gasteiger partial charge >= 0.3 is 11.9 Å². The SMILES string of the molecule is CCCCOc1ccc(C(=O)Oc2ccc(C#Cc3ccc(C#Cc4ccc(OC(=O)c5ccc(OCCCC)c(OCCCC)c5)cc4)s3)cc2)cc1OCCCC. The Balaban J connectivity index is 1.14. The number of carbonyl (C=O) groups is 2. The molecule has 9 heteroatoms. The van der Waals surface area contributed by atoms with Crippen LogP contribution in [0.15, 0.2) is 97.1 Å². The van der Waals surface area contributed by atoms with Crippen molar-refractivity contribution in [2.24, 2.45) is 0 Å². The molecule has 0 aliphatic rings. The van der Waals surface area contributed by atoms with Crippen LogP contribution in [0.1, 0.15) is 121 Å². The van der Waals surface area contributed by atoms with E-state index >= 15 is 0 Å². The van der Waals surface area contributed by atoms with Crippen molar-refractivity contribution >= 4 is 23.3 Å². The quantitative estimate of drug-likeness (QED) is 0.0332. The van der Waals surface area contributed by atoms with Gasteiger partial charge in [0.2, 0.25) is 0 Å². The molecule has 1 aromatic heterocycles. The van der Waals surface area contributed by atoms with Gasteiger partial charge in [-0.25, -0.2) is 9.59 Å². The van der Waals surface area contributed by atoms with Crippen LogP contribution in [-0.4, -0.2) is 38.4 Å². The maximum absolute atomic E-state index is 13.0. The van der Waals surface area contributed by atoms with Gasteiger partial charge in [-0.05, 0) is 123 Å². The van der Waals surface area contributed by atoms with Crippen molar-refractivity contribution in [3.8, 4) is 58.2 Å². The lowest BCUT2D eigenvalue weighted by Crippen LogP contribution is -2.10. The van der Waals surface area contributed by atoms with Crippen LogP contribution >= 0.6 is 11.3 Å². The molecule has 0 spiro atoms. The van der Waals surface area contributed by atoms with Gasteiger partial charge in [0.1, 0.15) is 11.5 Å². The Hall–Kier alpha value is -6.16. The fraction of sp³-hybridized carbons (Fsp3) is 0.320. The van der Waals surface area contributed by atoms with Crippen LogP contribution < -0.4 is 28.4 Å². The zero-order chi connectivity index (χ0) is 41.7. The molecule has 0 N–H and O–H groups in total. The van der Waals surface area contributed by atoms with Gasteiger partial charge in [-0.1, -0.05) is 77.1 Å². The summed E-state index contributed by atoms with van der Waals surface area (Å²) in [5.41, 5.74) is 2.32. The molecule has 0 saturated heterocycles. The second kappa shape index (κ2) is 23.9. The van der Waals surface area contributed by atoms with E-state index in [1.54, 1.807) is 60.7 Å². The van der Waals surface area contributed by atoms with E-state index in [0.29, 0.717) is 72.1 Å². The van der Waals surface area contributed by atoms with Crippen molar-refractivity contribution in [3.63, 3.8) is 0 Å². The van der Waals surface area contributed by atoms with Crippen molar-refractivity contribution < 1.29 is 38.0 Å². The second-order valence-electron chi connectivity index (χ2n) is 13.6. The van der Waals surface area contributed by atoms with Crippen LogP contribution in [0.3, 0.4) is 0 Å². The fourth-order valence-electron chi connectivity index (χ4n) is 5.32. The number of thiophene rings is 1. The van der Waals surface area contributed by atoms with Crippen molar-refractivity contribution in [1.82, 2.24) is 0 Å². The zero-order valence-electron chi connectivity index (χ0n) is 34.4. The molecule has 5 rings (SSSR count). The second-order valence-corrected chi connectivity index (χ2v) is 14.7. The molecule has 5 aromatic rings. The molecule has 8 nitrogen and oxygen atoms in total. The third-order valence-electron chi connectivity index (χ3n) is 8.78. The lowest BCUT2D eigenvalue weighted by atomic mass is 10.2. The van der Waals surface area contributed by atoms with Gasteiger partial charge in [0, 0.05) is 11.1 Å². The maximum atomic E-state index is 13.0. The number of hydrogen-bond acceptors (Lipinski definition) is 9. The third-order valence-corrected chi connectivity index (χ3v) is 9.69. The van der Waals surface area contributed by atoms with E-state index in [2.05, 4.69) is 51.4 Å². The molecule has 59 heavy (non-hydrogen) atoms. The first-order chi connectivity index (χ1) is 28.9. The predicted molar refractivity (Wildman–Crippen MR) is 234 cm³/mol. The number of benzene rings is 4. The molecule has 4 aromatic carbocycles. The van der Waals surface area contributed by atoms with Gasteiger partial charge in [-0.15, -0.1) is 11.3 Å². The Labute approximate surface area is 352 Å². The monoisotopic (exact) mass is 812 g/mol. The molecular formula is C50H52O8S. The fourth-order valence-corrected chi connectivity index (χ4v) is 6.04. The minimum absolute atomic E-state index is 0.381. The van der Waals surface area contributed by atoms with E-state index in [1.807, 2.05) is 36.4 Å². The molecule has 1 heterocycles. The molecule has 0 saturated carbocycles. The van der Waals surface area contributed by atoms with Gasteiger partial charge in [0.15, 0.2) is 23.0 Å². The topological polar surface area (TPSA) is 89.5 Å². The summed E-state index contributed by atoms with van der Waals surface area (Å²) >= 11 is 1.49. The Kier molecular flexibility index (Phi) is 17.8. The van der Waals surface area contributed by atoms with Crippen LogP contribution in [0.2, 0.25) is 0 Å². The highest BCUT2D eigenvalue weighted by Crippen LogP contribution is 2.31. The van der Waals surface area contributed by atoms with Crippen LogP contribution in [0.4, 0.5) is 0 Å². The Morgan fingerprint density at radius 2 is 0.797 bits per heavy atom. The van der Waals surface area contributed by atoms with Gasteiger partial charge in [-0.2, -0.15) is 0 Å². The largest absolute Gasteiger partial charge is 0.490 e. The van der Waals surface area contributed by atoms with E-state index < -0.39 is 11.9 Å². The van der Waals surface area contributed by atoms with Crippen molar-refractivity contribution in [2.45, 2.75) is 79.1 Å². The van der Waals surface area contributed by atoms with Crippen LogP contribution in [0.25, 0.3) is 0 Å². The van der Waals surface area contributed by atoms with E-state index in [1.165, 1.54) is 11.3 Å². The molecular weight excluding hydrogens is 761 g/mol. The van der Waals surface area contributed by atoms with E-state index in [-0.39, 0.29) is 0 Å². The number of ether oxygens (including phenoxy) is 6. The number of carbonyl (C=O) groups excluding carboxylic acids is 2. The molecule has 306 valence electrons. The number of rotatable bonds is 20. The van der Waals surface area contributed by atoms with E-state index in [0.717, 1.165) is 72.2 Å². The summed E-state index contributed by atoms with van der Waals surface area (Å²) in [4.78, 5) is 27.8. The average Bonchev–Trinajstić information content (AvgIpc) is 3.72. The molecule has 0 fully saturated rings. The average molecular weight is 813 g/mol. The van der Waals surface area contributed by atoms with Crippen LogP contribution in [0.5, 0.6) is 34.5 Å². The first kappa shape index (κ1) is 44.0. The summed E-state index contributed by atoms with van der Waals surface area (Å²) in [6, 6.07) is 28.3. The van der Waals surface area contributed by atoms with Crippen molar-refractivity contribution in [3.05, 3.63) is 129 Å². The van der Waals surface area contributed by atoms with E-state index in [9.17, 15) is 9.59 Å². The Bertz CT molecular complexity index is 2080. The highest BCUT2D eigenvalue weighted by molar-refractivity contribution is 7.13. The molecule has 0 aliphatic carbocycles. The zero-order valence-corrected chi connectivity index (χ0v) is 35.2. The third kappa shape index (κ3) is 14.3. The van der Waals surface area contributed by atoms with Crippen LogP contribution in [-0.2, 0) is 0 Å². The lowest BCUT2D eigenvalue weighted by Gasteiger charge is -2.14. The summed E-state index contributed by atoms with van der Waals surface area (Å²) in [5, 5.41) is 0. The lowest BCUT2D eigenvalue weighted by molar-refractivity contribution is 0.0724. The summed E-state index contributed by atoms with van der Waals surface area (Å²) in [6.45, 7) is 10.7. The Morgan fingerprint density at radius 1 is 0.441 bits per heavy atom. The van der Waals surface area contributed by atoms with E-state index in [4.69, 9.17) is 28.4 Å². The van der Waals surface area contributed by atoms with Gasteiger partial charge < -0.3 is 28.4 Å². The molecule has 0 unspecified atom stereocenters. The number of unbranched alkanes of at least 4 members (excludes halogenated alkanes) is 4. The molecule has 0 atom stereocenters. The predicted octanol–water partition coefficient (Wildman–Crippen LogP) is 11.7. The number of esters is 2. The van der Waals surface area contributed by atoms with Crippen molar-refractivity contribution in [1.29, 1.82) is 0 Å². The summed E-state index contributed by atoms with van der Waals surface area (Å²) < 4.78 is 35.0.